The van der Waals surface area contributed by atoms with Crippen molar-refractivity contribution in [3.63, 3.8) is 0 Å². The number of nitrogens with zero attached hydrogens (tertiary/aromatic N) is 6. The molecule has 0 spiro atoms. The molecule has 1 atom stereocenters. The summed E-state index contributed by atoms with van der Waals surface area (Å²) in [6.45, 7) is 6.21. The predicted molar refractivity (Wildman–Crippen MR) is 199 cm³/mol. The van der Waals surface area contributed by atoms with Crippen molar-refractivity contribution in [1.82, 2.24) is 34.3 Å². The number of methoxy groups -OCH3 is 1. The number of carbonyl (C=O) groups is 1. The van der Waals surface area contributed by atoms with E-state index in [1.165, 1.54) is 0 Å². The van der Waals surface area contributed by atoms with Gasteiger partial charge in [0.2, 0.25) is 11.8 Å². The van der Waals surface area contributed by atoms with Crippen molar-refractivity contribution in [2.45, 2.75) is 51.5 Å². The van der Waals surface area contributed by atoms with E-state index in [1.54, 1.807) is 23.2 Å². The Hall–Kier alpha value is -4.26. The molecule has 7 rings (SSSR count). The van der Waals surface area contributed by atoms with Crippen LogP contribution in [0.2, 0.25) is 10.0 Å². The van der Waals surface area contributed by atoms with Gasteiger partial charge in [0.05, 0.1) is 41.2 Å². The molecule has 3 aromatic heterocycles. The van der Waals surface area contributed by atoms with Crippen LogP contribution in [-0.4, -0.2) is 79.0 Å². The van der Waals surface area contributed by atoms with Crippen LogP contribution in [0.3, 0.4) is 0 Å². The van der Waals surface area contributed by atoms with E-state index in [4.69, 9.17) is 38.0 Å². The molecule has 2 saturated heterocycles. The first-order valence-corrected chi connectivity index (χ1v) is 17.7. The fraction of sp³-hybridized carbons (Fsp3) is 0.368. The standard InChI is InChI=1S/C38H41Cl2N7O4/c1-38(2,50)24-19-46(20-24)21-32-43-47-18-23(16-30(47)37(49)45(32)4)25-8-6-9-26(34(25)39)27-10-7-11-28(35(27)40)29-13-12-22(36(41-29)51-5)17-44(3)31-14-15-33(48)42-31/h6-13,16,18,24,31,50H,14-15,17,19-21H2,1-5H3,(H,42,48)/t31-/m0/s1. The Morgan fingerprint density at radius 2 is 1.69 bits per heavy atom. The summed E-state index contributed by atoms with van der Waals surface area (Å²) in [5, 5.41) is 19.1. The van der Waals surface area contributed by atoms with Gasteiger partial charge in [-0.2, -0.15) is 5.10 Å². The lowest BCUT2D eigenvalue weighted by Crippen LogP contribution is -2.55. The molecule has 0 bridgehead atoms. The van der Waals surface area contributed by atoms with E-state index in [0.717, 1.165) is 52.9 Å². The minimum Gasteiger partial charge on any atom is -0.481 e. The Morgan fingerprint density at radius 3 is 2.33 bits per heavy atom. The van der Waals surface area contributed by atoms with Gasteiger partial charge >= 0.3 is 0 Å². The first-order chi connectivity index (χ1) is 24.3. The largest absolute Gasteiger partial charge is 0.481 e. The number of fused-ring (bicyclic) bond motifs is 1. The molecule has 2 fully saturated rings. The molecular formula is C38H41Cl2N7O4. The third kappa shape index (κ3) is 6.76. The van der Waals surface area contributed by atoms with Crippen LogP contribution in [0.1, 0.15) is 38.1 Å². The molecule has 1 amide bonds. The number of carbonyl (C=O) groups excluding carboxylic acids is 1. The molecule has 0 aliphatic carbocycles. The van der Waals surface area contributed by atoms with Gasteiger partial charge in [-0.1, -0.05) is 65.7 Å². The van der Waals surface area contributed by atoms with Gasteiger partial charge in [0, 0.05) is 78.6 Å². The summed E-state index contributed by atoms with van der Waals surface area (Å²) < 4.78 is 8.90. The number of pyridine rings is 1. The quantitative estimate of drug-likeness (QED) is 0.191. The molecule has 2 N–H and O–H groups in total. The van der Waals surface area contributed by atoms with Gasteiger partial charge < -0.3 is 15.2 Å². The second-order valence-corrected chi connectivity index (χ2v) is 14.9. The minimum absolute atomic E-state index is 0.0255. The van der Waals surface area contributed by atoms with Crippen molar-refractivity contribution in [1.29, 1.82) is 0 Å². The van der Waals surface area contributed by atoms with E-state index in [9.17, 15) is 14.7 Å². The summed E-state index contributed by atoms with van der Waals surface area (Å²) in [5.74, 6) is 1.37. The fourth-order valence-electron chi connectivity index (χ4n) is 6.93. The van der Waals surface area contributed by atoms with Gasteiger partial charge in [0.1, 0.15) is 11.3 Å². The SMILES string of the molecule is COc1nc(-c2cccc(-c3cccc(-c4cc5c(=O)n(C)c(CN6CC(C(C)(C)O)C6)nn5c4)c3Cl)c2Cl)ccc1CN(C)[C@H]1CCC(=O)N1. The van der Waals surface area contributed by atoms with E-state index < -0.39 is 5.60 Å². The number of nitrogens with one attached hydrogen (secondary N) is 1. The first kappa shape index (κ1) is 35.2. The van der Waals surface area contributed by atoms with Gasteiger partial charge in [-0.25, -0.2) is 9.50 Å². The number of hydrogen-bond donors (Lipinski definition) is 2. The summed E-state index contributed by atoms with van der Waals surface area (Å²) in [4.78, 5) is 34.3. The van der Waals surface area contributed by atoms with Gasteiger partial charge in [0.15, 0.2) is 0 Å². The average Bonchev–Trinajstić information content (AvgIpc) is 3.71. The number of aromatic nitrogens is 4. The van der Waals surface area contributed by atoms with Crippen LogP contribution in [0.5, 0.6) is 5.88 Å². The molecule has 2 aliphatic rings. The number of ether oxygens (including phenoxy) is 1. The lowest BCUT2D eigenvalue weighted by atomic mass is 9.84. The van der Waals surface area contributed by atoms with Crippen LogP contribution in [0.4, 0.5) is 0 Å². The molecule has 11 nitrogen and oxygen atoms in total. The van der Waals surface area contributed by atoms with Gasteiger partial charge in [0.25, 0.3) is 5.56 Å². The summed E-state index contributed by atoms with van der Waals surface area (Å²) in [6.07, 6.45) is 3.09. The highest BCUT2D eigenvalue weighted by Crippen LogP contribution is 2.42. The van der Waals surface area contributed by atoms with Crippen LogP contribution in [-0.2, 0) is 24.9 Å². The smallest absolute Gasteiger partial charge is 0.277 e. The Morgan fingerprint density at radius 1 is 1.02 bits per heavy atom. The number of hydrogen-bond acceptors (Lipinski definition) is 8. The second-order valence-electron chi connectivity index (χ2n) is 14.1. The van der Waals surface area contributed by atoms with Crippen LogP contribution in [0.15, 0.2) is 65.6 Å². The molecular weight excluding hydrogens is 689 g/mol. The number of amides is 1. The molecule has 0 radical (unpaired) electrons. The zero-order chi connectivity index (χ0) is 36.2. The van der Waals surface area contributed by atoms with Crippen molar-refractivity contribution >= 4 is 34.6 Å². The number of rotatable bonds is 10. The van der Waals surface area contributed by atoms with Crippen LogP contribution in [0.25, 0.3) is 39.0 Å². The summed E-state index contributed by atoms with van der Waals surface area (Å²) >= 11 is 14.3. The van der Waals surface area contributed by atoms with Crippen molar-refractivity contribution < 1.29 is 14.6 Å². The molecule has 2 aromatic carbocycles. The minimum atomic E-state index is -0.737. The van der Waals surface area contributed by atoms with E-state index in [2.05, 4.69) is 15.1 Å². The molecule has 13 heteroatoms. The normalized spacial score (nSPS) is 17.0. The van der Waals surface area contributed by atoms with Crippen molar-refractivity contribution in [3.8, 4) is 39.4 Å². The first-order valence-electron chi connectivity index (χ1n) is 17.0. The Bertz CT molecular complexity index is 2200. The number of likely N-dealkylation sites (tertiary alicyclic amines) is 1. The molecule has 5 aromatic rings. The maximum atomic E-state index is 13.4. The monoisotopic (exact) mass is 729 g/mol. The Kier molecular flexibility index (Phi) is 9.45. The summed E-state index contributed by atoms with van der Waals surface area (Å²) in [6, 6.07) is 17.2. The molecule has 0 saturated carbocycles. The third-order valence-electron chi connectivity index (χ3n) is 10.2. The lowest BCUT2D eigenvalue weighted by Gasteiger charge is -2.45. The second kappa shape index (κ2) is 13.7. The number of halogens is 2. The zero-order valence-corrected chi connectivity index (χ0v) is 30.8. The maximum Gasteiger partial charge on any atom is 0.277 e. The number of aliphatic hydroxyl groups is 1. The third-order valence-corrected chi connectivity index (χ3v) is 11.0. The summed E-state index contributed by atoms with van der Waals surface area (Å²) in [7, 11) is 5.30. The zero-order valence-electron chi connectivity index (χ0n) is 29.3. The Balaban J connectivity index is 1.17. The van der Waals surface area contributed by atoms with Crippen molar-refractivity contribution in [2.75, 3.05) is 27.2 Å². The van der Waals surface area contributed by atoms with Gasteiger partial charge in [-0.05, 0) is 39.4 Å². The lowest BCUT2D eigenvalue weighted by molar-refractivity contribution is -0.119. The highest BCUT2D eigenvalue weighted by molar-refractivity contribution is 6.39. The average molecular weight is 731 g/mol. The van der Waals surface area contributed by atoms with E-state index in [-0.39, 0.29) is 23.6 Å². The maximum absolute atomic E-state index is 13.4. The van der Waals surface area contributed by atoms with Crippen LogP contribution >= 0.6 is 23.2 Å². The highest BCUT2D eigenvalue weighted by Gasteiger charge is 2.37. The molecule has 266 valence electrons. The predicted octanol–water partition coefficient (Wildman–Crippen LogP) is 5.62. The fourth-order valence-corrected chi connectivity index (χ4v) is 7.59. The Labute approximate surface area is 306 Å². The van der Waals surface area contributed by atoms with E-state index in [0.29, 0.717) is 52.5 Å². The molecule has 51 heavy (non-hydrogen) atoms. The van der Waals surface area contributed by atoms with Crippen LogP contribution < -0.4 is 15.6 Å². The van der Waals surface area contributed by atoms with Gasteiger partial charge in [-0.15, -0.1) is 0 Å². The van der Waals surface area contributed by atoms with Crippen molar-refractivity contribution in [2.24, 2.45) is 13.0 Å². The van der Waals surface area contributed by atoms with Crippen LogP contribution in [0, 0.1) is 5.92 Å². The molecule has 0 unspecified atom stereocenters. The van der Waals surface area contributed by atoms with Gasteiger partial charge in [-0.3, -0.25) is 24.0 Å². The highest BCUT2D eigenvalue weighted by atomic mass is 35.5. The molecule has 5 heterocycles. The van der Waals surface area contributed by atoms with Crippen molar-refractivity contribution in [3.05, 3.63) is 92.6 Å². The number of benzene rings is 2. The van der Waals surface area contributed by atoms with E-state index >= 15 is 0 Å². The van der Waals surface area contributed by atoms with E-state index in [1.807, 2.05) is 81.7 Å². The molecule has 2 aliphatic heterocycles. The summed E-state index contributed by atoms with van der Waals surface area (Å²) in [5.41, 5.74) is 4.79. The topological polar surface area (TPSA) is 117 Å².